The lowest BCUT2D eigenvalue weighted by molar-refractivity contribution is -0.131. The first-order chi connectivity index (χ1) is 11.8. The first-order valence-electron chi connectivity index (χ1n) is 8.56. The SMILES string of the molecule is Cc1ncc(C(=O)N2CC(CC(C)NC(=O)C3(C)CNC(=O)C3)C2)o1. The Bertz CT molecular complexity index is 695. The van der Waals surface area contributed by atoms with Crippen molar-refractivity contribution in [2.24, 2.45) is 11.3 Å². The Hall–Kier alpha value is -2.38. The van der Waals surface area contributed by atoms with Gasteiger partial charge in [0.15, 0.2) is 5.89 Å². The van der Waals surface area contributed by atoms with Gasteiger partial charge in [0.1, 0.15) is 0 Å². The molecule has 2 N–H and O–H groups in total. The minimum Gasteiger partial charge on any atom is -0.436 e. The molecule has 25 heavy (non-hydrogen) atoms. The quantitative estimate of drug-likeness (QED) is 0.805. The predicted octanol–water partition coefficient (Wildman–Crippen LogP) is 0.476. The summed E-state index contributed by atoms with van der Waals surface area (Å²) >= 11 is 0. The monoisotopic (exact) mass is 348 g/mol. The summed E-state index contributed by atoms with van der Waals surface area (Å²) in [6.07, 6.45) is 2.47. The van der Waals surface area contributed by atoms with Crippen LogP contribution in [0.15, 0.2) is 10.6 Å². The van der Waals surface area contributed by atoms with Crippen LogP contribution in [-0.2, 0) is 9.59 Å². The lowest BCUT2D eigenvalue weighted by Gasteiger charge is -2.40. The summed E-state index contributed by atoms with van der Waals surface area (Å²) in [5.41, 5.74) is -0.670. The molecule has 0 bridgehead atoms. The summed E-state index contributed by atoms with van der Waals surface area (Å²) in [4.78, 5) is 41.6. The molecule has 0 radical (unpaired) electrons. The summed E-state index contributed by atoms with van der Waals surface area (Å²) in [6, 6.07) is -0.00481. The zero-order valence-corrected chi connectivity index (χ0v) is 14.8. The van der Waals surface area contributed by atoms with Crippen LogP contribution in [0.3, 0.4) is 0 Å². The van der Waals surface area contributed by atoms with Gasteiger partial charge < -0.3 is 20.0 Å². The molecule has 2 saturated heterocycles. The van der Waals surface area contributed by atoms with Crippen LogP contribution in [0.1, 0.15) is 43.1 Å². The summed E-state index contributed by atoms with van der Waals surface area (Å²) in [5, 5.41) is 5.70. The molecule has 2 fully saturated rings. The van der Waals surface area contributed by atoms with Crippen LogP contribution < -0.4 is 10.6 Å². The Labute approximate surface area is 146 Å². The number of carbonyl (C=O) groups excluding carboxylic acids is 3. The van der Waals surface area contributed by atoms with Gasteiger partial charge >= 0.3 is 0 Å². The molecule has 8 nitrogen and oxygen atoms in total. The minimum absolute atomic E-state index is 0.00481. The zero-order valence-electron chi connectivity index (χ0n) is 14.8. The van der Waals surface area contributed by atoms with Gasteiger partial charge in [0.2, 0.25) is 17.6 Å². The van der Waals surface area contributed by atoms with Crippen LogP contribution in [0.25, 0.3) is 0 Å². The van der Waals surface area contributed by atoms with Gasteiger partial charge in [-0.25, -0.2) is 4.98 Å². The molecule has 1 aromatic rings. The maximum absolute atomic E-state index is 12.4. The van der Waals surface area contributed by atoms with E-state index in [-0.39, 0.29) is 35.9 Å². The number of likely N-dealkylation sites (tertiary alicyclic amines) is 1. The number of hydrogen-bond acceptors (Lipinski definition) is 5. The van der Waals surface area contributed by atoms with Crippen molar-refractivity contribution in [3.05, 3.63) is 17.8 Å². The van der Waals surface area contributed by atoms with Gasteiger partial charge in [-0.15, -0.1) is 0 Å². The minimum atomic E-state index is -0.670. The second kappa shape index (κ2) is 6.50. The van der Waals surface area contributed by atoms with Crippen LogP contribution in [0.2, 0.25) is 0 Å². The molecule has 0 saturated carbocycles. The normalized spacial score (nSPS) is 24.6. The van der Waals surface area contributed by atoms with Gasteiger partial charge in [-0.3, -0.25) is 14.4 Å². The molecule has 2 atom stereocenters. The van der Waals surface area contributed by atoms with E-state index in [1.807, 2.05) is 6.92 Å². The average Bonchev–Trinajstić information content (AvgIpc) is 3.08. The van der Waals surface area contributed by atoms with Crippen LogP contribution >= 0.6 is 0 Å². The summed E-state index contributed by atoms with van der Waals surface area (Å²) in [5.74, 6) is 0.772. The smallest absolute Gasteiger partial charge is 0.291 e. The molecular weight excluding hydrogens is 324 g/mol. The Kier molecular flexibility index (Phi) is 4.53. The Morgan fingerprint density at radius 3 is 2.80 bits per heavy atom. The summed E-state index contributed by atoms with van der Waals surface area (Å²) in [7, 11) is 0. The first kappa shape index (κ1) is 17.4. The largest absolute Gasteiger partial charge is 0.436 e. The number of amides is 3. The van der Waals surface area contributed by atoms with Crippen LogP contribution in [0.5, 0.6) is 0 Å². The molecule has 0 aliphatic carbocycles. The molecule has 2 unspecified atom stereocenters. The third kappa shape index (κ3) is 3.67. The number of carbonyl (C=O) groups is 3. The van der Waals surface area contributed by atoms with Crippen LogP contribution in [-0.4, -0.2) is 53.3 Å². The molecule has 136 valence electrons. The number of nitrogens with zero attached hydrogens (tertiary/aromatic N) is 2. The standard InChI is InChI=1S/C17H24N4O4/c1-10(20-16(24)17(3)5-14(22)19-9-17)4-12-7-21(8-12)15(23)13-6-18-11(2)25-13/h6,10,12H,4-5,7-9H2,1-3H3,(H,19,22)(H,20,24). The molecule has 2 aliphatic rings. The van der Waals surface area contributed by atoms with Crippen molar-refractivity contribution in [2.45, 2.75) is 39.7 Å². The maximum Gasteiger partial charge on any atom is 0.291 e. The molecule has 3 amide bonds. The van der Waals surface area contributed by atoms with Crippen molar-refractivity contribution in [3.63, 3.8) is 0 Å². The zero-order chi connectivity index (χ0) is 18.2. The Morgan fingerprint density at radius 1 is 1.52 bits per heavy atom. The Balaban J connectivity index is 1.43. The van der Waals surface area contributed by atoms with Gasteiger partial charge in [0, 0.05) is 39.0 Å². The van der Waals surface area contributed by atoms with Crippen LogP contribution in [0.4, 0.5) is 0 Å². The fourth-order valence-electron chi connectivity index (χ4n) is 3.39. The van der Waals surface area contributed by atoms with Gasteiger partial charge in [-0.05, 0) is 26.2 Å². The third-order valence-electron chi connectivity index (χ3n) is 4.92. The molecule has 1 aromatic heterocycles. The van der Waals surface area contributed by atoms with Gasteiger partial charge in [-0.2, -0.15) is 0 Å². The molecule has 2 aliphatic heterocycles. The van der Waals surface area contributed by atoms with Crippen molar-refractivity contribution in [2.75, 3.05) is 19.6 Å². The first-order valence-corrected chi connectivity index (χ1v) is 8.56. The number of rotatable bonds is 5. The second-order valence-electron chi connectivity index (χ2n) is 7.44. The lowest BCUT2D eigenvalue weighted by Crippen LogP contribution is -2.52. The van der Waals surface area contributed by atoms with Crippen molar-refractivity contribution < 1.29 is 18.8 Å². The molecule has 3 rings (SSSR count). The van der Waals surface area contributed by atoms with Gasteiger partial charge in [0.05, 0.1) is 11.6 Å². The lowest BCUT2D eigenvalue weighted by atomic mass is 9.87. The van der Waals surface area contributed by atoms with Gasteiger partial charge in [-0.1, -0.05) is 0 Å². The predicted molar refractivity (Wildman–Crippen MR) is 88.6 cm³/mol. The van der Waals surface area contributed by atoms with Gasteiger partial charge in [0.25, 0.3) is 5.91 Å². The molecular formula is C17H24N4O4. The fraction of sp³-hybridized carbons (Fsp3) is 0.647. The maximum atomic E-state index is 12.4. The van der Waals surface area contributed by atoms with E-state index in [1.54, 1.807) is 18.7 Å². The van der Waals surface area contributed by atoms with E-state index in [0.717, 1.165) is 6.42 Å². The van der Waals surface area contributed by atoms with E-state index in [4.69, 9.17) is 4.42 Å². The average molecular weight is 348 g/mol. The second-order valence-corrected chi connectivity index (χ2v) is 7.44. The molecule has 3 heterocycles. The molecule has 8 heteroatoms. The Morgan fingerprint density at radius 2 is 2.24 bits per heavy atom. The van der Waals surface area contributed by atoms with E-state index in [9.17, 15) is 14.4 Å². The highest BCUT2D eigenvalue weighted by atomic mass is 16.4. The highest BCUT2D eigenvalue weighted by Gasteiger charge is 2.41. The van der Waals surface area contributed by atoms with E-state index in [0.29, 0.717) is 31.4 Å². The van der Waals surface area contributed by atoms with Crippen molar-refractivity contribution in [1.82, 2.24) is 20.5 Å². The number of nitrogens with one attached hydrogen (secondary N) is 2. The molecule has 0 spiro atoms. The summed E-state index contributed by atoms with van der Waals surface area (Å²) in [6.45, 7) is 7.14. The van der Waals surface area contributed by atoms with E-state index in [1.165, 1.54) is 6.20 Å². The van der Waals surface area contributed by atoms with E-state index < -0.39 is 5.41 Å². The molecule has 0 aromatic carbocycles. The van der Waals surface area contributed by atoms with Crippen molar-refractivity contribution in [3.8, 4) is 0 Å². The topological polar surface area (TPSA) is 105 Å². The highest BCUT2D eigenvalue weighted by Crippen LogP contribution is 2.27. The number of oxazole rings is 1. The summed E-state index contributed by atoms with van der Waals surface area (Å²) < 4.78 is 5.26. The third-order valence-corrected chi connectivity index (χ3v) is 4.92. The van der Waals surface area contributed by atoms with E-state index >= 15 is 0 Å². The van der Waals surface area contributed by atoms with E-state index in [2.05, 4.69) is 15.6 Å². The number of aryl methyl sites for hydroxylation is 1. The number of hydrogen-bond donors (Lipinski definition) is 2. The fourth-order valence-corrected chi connectivity index (χ4v) is 3.39. The van der Waals surface area contributed by atoms with Crippen LogP contribution in [0, 0.1) is 18.3 Å². The number of aromatic nitrogens is 1. The van der Waals surface area contributed by atoms with Crippen molar-refractivity contribution in [1.29, 1.82) is 0 Å². The highest BCUT2D eigenvalue weighted by molar-refractivity contribution is 5.92. The van der Waals surface area contributed by atoms with Crippen molar-refractivity contribution >= 4 is 17.7 Å².